The zero-order valence-electron chi connectivity index (χ0n) is 15.1. The molecule has 0 unspecified atom stereocenters. The summed E-state index contributed by atoms with van der Waals surface area (Å²) in [7, 11) is 3.88. The maximum Gasteiger partial charge on any atom is 0.270 e. The van der Waals surface area contributed by atoms with E-state index in [9.17, 15) is 9.18 Å². The minimum Gasteiger partial charge on any atom is -0.349 e. The second-order valence-corrected chi connectivity index (χ2v) is 6.81. The van der Waals surface area contributed by atoms with Crippen molar-refractivity contribution >= 4 is 17.5 Å². The van der Waals surface area contributed by atoms with Crippen LogP contribution >= 0.6 is 11.6 Å². The lowest BCUT2D eigenvalue weighted by atomic mass is 10.1. The summed E-state index contributed by atoms with van der Waals surface area (Å²) in [6, 6.07) is 14.8. The maximum atomic E-state index is 13.2. The summed E-state index contributed by atoms with van der Waals surface area (Å²) in [6.45, 7) is 1.25. The summed E-state index contributed by atoms with van der Waals surface area (Å²) in [5.74, 6) is -0.551. The Kier molecular flexibility index (Phi) is 5.88. The van der Waals surface area contributed by atoms with E-state index < -0.39 is 0 Å². The van der Waals surface area contributed by atoms with Crippen molar-refractivity contribution in [2.75, 3.05) is 27.2 Å². The average Bonchev–Trinajstić information content (AvgIpc) is 3.08. The number of halogens is 2. The molecule has 3 aromatic rings. The summed E-state index contributed by atoms with van der Waals surface area (Å²) in [5.41, 5.74) is 2.43. The number of amides is 1. The van der Waals surface area contributed by atoms with Crippen molar-refractivity contribution in [1.82, 2.24) is 20.0 Å². The first kappa shape index (κ1) is 19.1. The van der Waals surface area contributed by atoms with Crippen LogP contribution < -0.4 is 5.32 Å². The second-order valence-electron chi connectivity index (χ2n) is 6.37. The topological polar surface area (TPSA) is 50.2 Å². The molecular formula is C20H20ClFN4O. The zero-order chi connectivity index (χ0) is 19.4. The van der Waals surface area contributed by atoms with E-state index in [0.717, 1.165) is 12.1 Å². The molecule has 0 atom stereocenters. The molecule has 2 aromatic carbocycles. The van der Waals surface area contributed by atoms with Gasteiger partial charge in [-0.25, -0.2) is 9.07 Å². The Labute approximate surface area is 162 Å². The molecule has 1 N–H and O–H groups in total. The van der Waals surface area contributed by atoms with E-state index in [1.807, 2.05) is 19.0 Å². The molecule has 0 fully saturated rings. The average molecular weight is 387 g/mol. The van der Waals surface area contributed by atoms with Crippen LogP contribution in [0.2, 0.25) is 5.02 Å². The number of benzene rings is 2. The van der Waals surface area contributed by atoms with E-state index in [0.29, 0.717) is 28.6 Å². The van der Waals surface area contributed by atoms with Gasteiger partial charge in [-0.05, 0) is 68.7 Å². The Morgan fingerprint density at radius 1 is 1.15 bits per heavy atom. The number of carbonyl (C=O) groups excluding carboxylic acids is 1. The Morgan fingerprint density at radius 2 is 1.81 bits per heavy atom. The molecular weight excluding hydrogens is 367 g/mol. The monoisotopic (exact) mass is 386 g/mol. The molecule has 0 saturated heterocycles. The lowest BCUT2D eigenvalue weighted by molar-refractivity contribution is 0.0943. The zero-order valence-corrected chi connectivity index (χ0v) is 15.9. The molecule has 0 aliphatic heterocycles. The minimum absolute atomic E-state index is 0.229. The Balaban J connectivity index is 1.97. The van der Waals surface area contributed by atoms with Crippen LogP contribution in [0.1, 0.15) is 10.5 Å². The first-order chi connectivity index (χ1) is 12.9. The third-order valence-electron chi connectivity index (χ3n) is 4.00. The number of hydrogen-bond acceptors (Lipinski definition) is 3. The van der Waals surface area contributed by atoms with Gasteiger partial charge in [0.15, 0.2) is 0 Å². The molecule has 0 aliphatic rings. The van der Waals surface area contributed by atoms with Crippen molar-refractivity contribution in [2.24, 2.45) is 0 Å². The van der Waals surface area contributed by atoms with Gasteiger partial charge in [-0.1, -0.05) is 11.6 Å². The highest BCUT2D eigenvalue weighted by Crippen LogP contribution is 2.23. The number of rotatable bonds is 6. The molecule has 27 heavy (non-hydrogen) atoms. The lowest BCUT2D eigenvalue weighted by Crippen LogP contribution is -2.32. The number of nitrogens with one attached hydrogen (secondary N) is 1. The van der Waals surface area contributed by atoms with Crippen LogP contribution in [0.4, 0.5) is 4.39 Å². The first-order valence-corrected chi connectivity index (χ1v) is 8.87. The Morgan fingerprint density at radius 3 is 2.44 bits per heavy atom. The van der Waals surface area contributed by atoms with E-state index in [-0.39, 0.29) is 11.7 Å². The van der Waals surface area contributed by atoms with Gasteiger partial charge in [0.05, 0.1) is 11.4 Å². The number of aromatic nitrogens is 2. The standard InChI is InChI=1S/C20H20ClFN4O/c1-25(2)12-11-23-20(27)19-13-18(14-3-7-16(22)8-4-14)24-26(19)17-9-5-15(21)6-10-17/h3-10,13H,11-12H2,1-2H3,(H,23,27). The van der Waals surface area contributed by atoms with Gasteiger partial charge in [0.25, 0.3) is 5.91 Å². The van der Waals surface area contributed by atoms with E-state index >= 15 is 0 Å². The van der Waals surface area contributed by atoms with Crippen LogP contribution in [0.25, 0.3) is 16.9 Å². The highest BCUT2D eigenvalue weighted by Gasteiger charge is 2.17. The van der Waals surface area contributed by atoms with Gasteiger partial charge in [0.2, 0.25) is 0 Å². The number of carbonyl (C=O) groups is 1. The van der Waals surface area contributed by atoms with Gasteiger partial charge in [-0.2, -0.15) is 5.10 Å². The quantitative estimate of drug-likeness (QED) is 0.704. The van der Waals surface area contributed by atoms with E-state index in [1.54, 1.807) is 47.1 Å². The molecule has 3 rings (SSSR count). The fourth-order valence-corrected chi connectivity index (χ4v) is 2.69. The van der Waals surface area contributed by atoms with Gasteiger partial charge in [0.1, 0.15) is 11.5 Å². The summed E-state index contributed by atoms with van der Waals surface area (Å²) in [5, 5.41) is 8.05. The highest BCUT2D eigenvalue weighted by atomic mass is 35.5. The van der Waals surface area contributed by atoms with Crippen molar-refractivity contribution in [3.8, 4) is 16.9 Å². The smallest absolute Gasteiger partial charge is 0.270 e. The number of nitrogens with zero attached hydrogens (tertiary/aromatic N) is 3. The maximum absolute atomic E-state index is 13.2. The normalized spacial score (nSPS) is 11.0. The van der Waals surface area contributed by atoms with Gasteiger partial charge >= 0.3 is 0 Å². The molecule has 0 spiro atoms. The minimum atomic E-state index is -0.322. The summed E-state index contributed by atoms with van der Waals surface area (Å²) in [6.07, 6.45) is 0. The summed E-state index contributed by atoms with van der Waals surface area (Å²) in [4.78, 5) is 14.7. The van der Waals surface area contributed by atoms with Crippen LogP contribution in [0, 0.1) is 5.82 Å². The fraction of sp³-hybridized carbons (Fsp3) is 0.200. The molecule has 140 valence electrons. The van der Waals surface area contributed by atoms with Crippen LogP contribution in [-0.4, -0.2) is 47.8 Å². The van der Waals surface area contributed by atoms with Crippen molar-refractivity contribution in [1.29, 1.82) is 0 Å². The van der Waals surface area contributed by atoms with Crippen LogP contribution in [0.5, 0.6) is 0 Å². The highest BCUT2D eigenvalue weighted by molar-refractivity contribution is 6.30. The second kappa shape index (κ2) is 8.33. The van der Waals surface area contributed by atoms with Crippen LogP contribution in [-0.2, 0) is 0 Å². The summed E-state index contributed by atoms with van der Waals surface area (Å²) < 4.78 is 14.8. The predicted octanol–water partition coefficient (Wildman–Crippen LogP) is 3.62. The van der Waals surface area contributed by atoms with Crippen molar-refractivity contribution < 1.29 is 9.18 Å². The van der Waals surface area contributed by atoms with Gasteiger partial charge < -0.3 is 10.2 Å². The van der Waals surface area contributed by atoms with Crippen molar-refractivity contribution in [3.63, 3.8) is 0 Å². The molecule has 7 heteroatoms. The predicted molar refractivity (Wildman–Crippen MR) is 105 cm³/mol. The molecule has 1 aromatic heterocycles. The molecule has 0 saturated carbocycles. The van der Waals surface area contributed by atoms with Crippen LogP contribution in [0.15, 0.2) is 54.6 Å². The molecule has 5 nitrogen and oxygen atoms in total. The first-order valence-electron chi connectivity index (χ1n) is 8.49. The SMILES string of the molecule is CN(C)CCNC(=O)c1cc(-c2ccc(F)cc2)nn1-c1ccc(Cl)cc1. The van der Waals surface area contributed by atoms with Gasteiger partial charge in [-0.3, -0.25) is 4.79 Å². The molecule has 1 amide bonds. The lowest BCUT2D eigenvalue weighted by Gasteiger charge is -2.11. The Bertz CT molecular complexity index is 920. The van der Waals surface area contributed by atoms with Gasteiger partial charge in [0, 0.05) is 23.7 Å². The largest absolute Gasteiger partial charge is 0.349 e. The van der Waals surface area contributed by atoms with Gasteiger partial charge in [-0.15, -0.1) is 0 Å². The third-order valence-corrected chi connectivity index (χ3v) is 4.25. The Hall–Kier alpha value is -2.70. The van der Waals surface area contributed by atoms with Crippen molar-refractivity contribution in [3.05, 3.63) is 71.1 Å². The fourth-order valence-electron chi connectivity index (χ4n) is 2.57. The van der Waals surface area contributed by atoms with Crippen LogP contribution in [0.3, 0.4) is 0 Å². The van der Waals surface area contributed by atoms with E-state index in [4.69, 9.17) is 11.6 Å². The number of likely N-dealkylation sites (N-methyl/N-ethyl adjacent to an activating group) is 1. The number of hydrogen-bond donors (Lipinski definition) is 1. The molecule has 1 heterocycles. The molecule has 0 bridgehead atoms. The summed E-state index contributed by atoms with van der Waals surface area (Å²) >= 11 is 5.97. The van der Waals surface area contributed by atoms with E-state index in [1.165, 1.54) is 12.1 Å². The third kappa shape index (κ3) is 4.72. The molecule has 0 aliphatic carbocycles. The van der Waals surface area contributed by atoms with Crippen molar-refractivity contribution in [2.45, 2.75) is 0 Å². The van der Waals surface area contributed by atoms with E-state index in [2.05, 4.69) is 10.4 Å². The molecule has 0 radical (unpaired) electrons.